The van der Waals surface area contributed by atoms with Crippen LogP contribution >= 0.6 is 11.8 Å². The predicted octanol–water partition coefficient (Wildman–Crippen LogP) is 5.30. The number of nitrogens with zero attached hydrogens (tertiary/aromatic N) is 1. The molecule has 0 aliphatic carbocycles. The number of hydrogen-bond acceptors (Lipinski definition) is 6. The van der Waals surface area contributed by atoms with Gasteiger partial charge in [0, 0.05) is 11.1 Å². The lowest BCUT2D eigenvalue weighted by molar-refractivity contribution is 0.414. The Kier molecular flexibility index (Phi) is 6.05. The van der Waals surface area contributed by atoms with E-state index in [0.717, 1.165) is 17.3 Å². The summed E-state index contributed by atoms with van der Waals surface area (Å²) in [7, 11) is 1.58. The first-order valence-electron chi connectivity index (χ1n) is 10.8. The van der Waals surface area contributed by atoms with E-state index in [1.807, 2.05) is 12.1 Å². The summed E-state index contributed by atoms with van der Waals surface area (Å²) in [6, 6.07) is 20.2. The van der Waals surface area contributed by atoms with E-state index in [2.05, 4.69) is 0 Å². The molecule has 2 heterocycles. The molecule has 0 saturated heterocycles. The zero-order valence-electron chi connectivity index (χ0n) is 18.7. The number of rotatable bonds is 6. The van der Waals surface area contributed by atoms with Crippen LogP contribution in [0.3, 0.4) is 0 Å². The number of hydrogen-bond donors (Lipinski definition) is 1. The van der Waals surface area contributed by atoms with Crippen molar-refractivity contribution in [1.82, 2.24) is 4.57 Å². The van der Waals surface area contributed by atoms with Gasteiger partial charge in [0.15, 0.2) is 11.3 Å². The average molecular weight is 490 g/mol. The van der Waals surface area contributed by atoms with Gasteiger partial charge < -0.3 is 18.8 Å². The summed E-state index contributed by atoms with van der Waals surface area (Å²) in [6.45, 7) is 0.155. The fourth-order valence-corrected chi connectivity index (χ4v) is 4.88. The minimum absolute atomic E-state index is 0.0333. The van der Waals surface area contributed by atoms with Gasteiger partial charge in [-0.3, -0.25) is 4.79 Å². The minimum atomic E-state index is -0.714. The van der Waals surface area contributed by atoms with Crippen LogP contribution in [-0.2, 0) is 12.3 Å². The molecule has 1 N–H and O–H groups in total. The van der Waals surface area contributed by atoms with Crippen LogP contribution in [0.4, 0.5) is 4.39 Å². The van der Waals surface area contributed by atoms with E-state index < -0.39 is 16.9 Å². The van der Waals surface area contributed by atoms with Crippen molar-refractivity contribution in [2.45, 2.75) is 17.2 Å². The van der Waals surface area contributed by atoms with Crippen LogP contribution in [0.2, 0.25) is 0 Å². The number of methoxy groups -OCH3 is 1. The maximum Gasteiger partial charge on any atom is 0.353 e. The highest BCUT2D eigenvalue weighted by atomic mass is 32.2. The molecule has 8 heteroatoms. The molecule has 176 valence electrons. The van der Waals surface area contributed by atoms with Crippen molar-refractivity contribution >= 4 is 33.6 Å². The third-order valence-electron chi connectivity index (χ3n) is 5.75. The Hall–Kier alpha value is -4.04. The molecule has 6 nitrogen and oxygen atoms in total. The first kappa shape index (κ1) is 22.7. The Morgan fingerprint density at radius 1 is 0.971 bits per heavy atom. The Morgan fingerprint density at radius 2 is 1.66 bits per heavy atom. The highest BCUT2D eigenvalue weighted by Crippen LogP contribution is 2.35. The van der Waals surface area contributed by atoms with Crippen LogP contribution in [-0.4, -0.2) is 16.8 Å². The van der Waals surface area contributed by atoms with Crippen molar-refractivity contribution in [3.05, 3.63) is 111 Å². The number of halogens is 1. The number of benzene rings is 3. The van der Waals surface area contributed by atoms with Crippen LogP contribution in [0.15, 0.2) is 91.7 Å². The van der Waals surface area contributed by atoms with Crippen molar-refractivity contribution in [3.63, 3.8) is 0 Å². The summed E-state index contributed by atoms with van der Waals surface area (Å²) in [5.41, 5.74) is 0.976. The number of aromatic nitrogens is 1. The Labute approximate surface area is 203 Å². The van der Waals surface area contributed by atoms with E-state index in [1.54, 1.807) is 55.6 Å². The van der Waals surface area contributed by atoms with E-state index >= 15 is 0 Å². The fourth-order valence-electron chi connectivity index (χ4n) is 3.98. The van der Waals surface area contributed by atoms with E-state index in [-0.39, 0.29) is 28.2 Å². The number of thioether (sulfide) groups is 1. The quantitative estimate of drug-likeness (QED) is 0.257. The molecule has 35 heavy (non-hydrogen) atoms. The topological polar surface area (TPSA) is 81.7 Å². The van der Waals surface area contributed by atoms with Gasteiger partial charge >= 0.3 is 5.63 Å². The number of pyridine rings is 1. The molecule has 0 amide bonds. The van der Waals surface area contributed by atoms with Crippen LogP contribution in [0.25, 0.3) is 21.9 Å². The molecule has 3 aromatic carbocycles. The van der Waals surface area contributed by atoms with E-state index in [1.165, 1.54) is 16.7 Å². The van der Waals surface area contributed by atoms with Gasteiger partial charge in [-0.1, -0.05) is 36.4 Å². The van der Waals surface area contributed by atoms with Crippen LogP contribution in [0.5, 0.6) is 11.5 Å². The largest absolute Gasteiger partial charge is 0.506 e. The number of fused-ring (bicyclic) bond motifs is 3. The van der Waals surface area contributed by atoms with Crippen molar-refractivity contribution in [3.8, 4) is 11.5 Å². The standard InChI is InChI=1S/C27H20FNO5S/c1-33-19-12-8-17(9-13-19)15-35-25-23(30)22-24(34-27(25)32)20-4-2-3-5-21(20)29(26(22)31)14-16-6-10-18(28)11-7-16/h2-13,30H,14-15H2,1H3. The van der Waals surface area contributed by atoms with Gasteiger partial charge in [0.25, 0.3) is 5.56 Å². The molecule has 0 unspecified atom stereocenters. The monoisotopic (exact) mass is 489 g/mol. The normalized spacial score (nSPS) is 11.3. The van der Waals surface area contributed by atoms with Crippen molar-refractivity contribution in [1.29, 1.82) is 0 Å². The van der Waals surface area contributed by atoms with Gasteiger partial charge in [-0.05, 0) is 47.5 Å². The Bertz CT molecular complexity index is 1660. The molecule has 0 aliphatic heterocycles. The van der Waals surface area contributed by atoms with Gasteiger partial charge in [-0.2, -0.15) is 0 Å². The van der Waals surface area contributed by atoms with Crippen LogP contribution in [0, 0.1) is 5.82 Å². The first-order chi connectivity index (χ1) is 17.0. The van der Waals surface area contributed by atoms with Crippen LogP contribution < -0.4 is 15.9 Å². The average Bonchev–Trinajstić information content (AvgIpc) is 2.87. The summed E-state index contributed by atoms with van der Waals surface area (Å²) < 4.78 is 25.6. The Balaban J connectivity index is 1.64. The third kappa shape index (κ3) is 4.28. The second-order valence-corrected chi connectivity index (χ2v) is 8.93. The fraction of sp³-hybridized carbons (Fsp3) is 0.111. The molecule has 0 atom stereocenters. The molecule has 0 spiro atoms. The van der Waals surface area contributed by atoms with E-state index in [9.17, 15) is 19.1 Å². The molecule has 0 aliphatic rings. The number of para-hydroxylation sites is 1. The Morgan fingerprint density at radius 3 is 2.37 bits per heavy atom. The summed E-state index contributed by atoms with van der Waals surface area (Å²) in [4.78, 5) is 26.4. The molecule has 0 radical (unpaired) electrons. The maximum atomic E-state index is 13.6. The van der Waals surface area contributed by atoms with Crippen LogP contribution in [0.1, 0.15) is 11.1 Å². The van der Waals surface area contributed by atoms with Gasteiger partial charge in [0.2, 0.25) is 0 Å². The predicted molar refractivity (Wildman–Crippen MR) is 134 cm³/mol. The van der Waals surface area contributed by atoms with Crippen molar-refractivity contribution < 1.29 is 18.7 Å². The molecular formula is C27H20FNO5S. The summed E-state index contributed by atoms with van der Waals surface area (Å²) in [5.74, 6) is 0.312. The molecule has 0 bridgehead atoms. The lowest BCUT2D eigenvalue weighted by Gasteiger charge is -2.14. The van der Waals surface area contributed by atoms with E-state index in [0.29, 0.717) is 28.0 Å². The highest BCUT2D eigenvalue weighted by Gasteiger charge is 2.22. The molecule has 0 fully saturated rings. The van der Waals surface area contributed by atoms with Gasteiger partial charge in [-0.25, -0.2) is 9.18 Å². The van der Waals surface area contributed by atoms with Gasteiger partial charge in [0.05, 0.1) is 19.2 Å². The molecular weight excluding hydrogens is 469 g/mol. The zero-order valence-corrected chi connectivity index (χ0v) is 19.5. The second kappa shape index (κ2) is 9.31. The summed E-state index contributed by atoms with van der Waals surface area (Å²) >= 11 is 1.09. The van der Waals surface area contributed by atoms with Crippen molar-refractivity contribution in [2.24, 2.45) is 0 Å². The first-order valence-corrected chi connectivity index (χ1v) is 11.8. The smallest absolute Gasteiger partial charge is 0.353 e. The zero-order chi connectivity index (χ0) is 24.5. The van der Waals surface area contributed by atoms with E-state index in [4.69, 9.17) is 9.15 Å². The lowest BCUT2D eigenvalue weighted by Crippen LogP contribution is -2.22. The molecule has 5 rings (SSSR count). The molecule has 0 saturated carbocycles. The second-order valence-electron chi connectivity index (χ2n) is 7.94. The van der Waals surface area contributed by atoms with Crippen molar-refractivity contribution in [2.75, 3.05) is 7.11 Å². The third-order valence-corrected chi connectivity index (χ3v) is 6.88. The number of aromatic hydroxyl groups is 1. The highest BCUT2D eigenvalue weighted by molar-refractivity contribution is 7.98. The molecule has 2 aromatic heterocycles. The van der Waals surface area contributed by atoms with Gasteiger partial charge in [0.1, 0.15) is 21.8 Å². The summed E-state index contributed by atoms with van der Waals surface area (Å²) in [5, 5.41) is 11.5. The maximum absolute atomic E-state index is 13.6. The molecule has 5 aromatic rings. The minimum Gasteiger partial charge on any atom is -0.506 e. The lowest BCUT2D eigenvalue weighted by atomic mass is 10.1. The van der Waals surface area contributed by atoms with Gasteiger partial charge in [-0.15, -0.1) is 11.8 Å². The number of ether oxygens (including phenoxy) is 1. The summed E-state index contributed by atoms with van der Waals surface area (Å²) in [6.07, 6.45) is 0. The SMILES string of the molecule is COc1ccc(CSc2c(O)c3c(=O)n(Cc4ccc(F)cc4)c4ccccc4c3oc2=O)cc1.